The van der Waals surface area contributed by atoms with E-state index in [9.17, 15) is 9.90 Å². The van der Waals surface area contributed by atoms with Gasteiger partial charge < -0.3 is 14.4 Å². The Bertz CT molecular complexity index is 1350. The number of carboxylic acids is 1. The summed E-state index contributed by atoms with van der Waals surface area (Å²) in [7, 11) is 0. The first kappa shape index (κ1) is 22.7. The largest absolute Gasteiger partial charge is 0.488 e. The van der Waals surface area contributed by atoms with Crippen molar-refractivity contribution in [3.8, 4) is 22.7 Å². The van der Waals surface area contributed by atoms with Crippen molar-refractivity contribution in [1.29, 1.82) is 0 Å². The molecule has 5 heteroatoms. The maximum absolute atomic E-state index is 11.7. The zero-order chi connectivity index (χ0) is 23.7. The van der Waals surface area contributed by atoms with Crippen molar-refractivity contribution in [2.75, 3.05) is 0 Å². The number of benzene rings is 3. The third-order valence-electron chi connectivity index (χ3n) is 5.88. The third-order valence-corrected chi connectivity index (χ3v) is 6.12. The van der Waals surface area contributed by atoms with Crippen LogP contribution in [0.25, 0.3) is 16.9 Å². The minimum absolute atomic E-state index is 0.281. The van der Waals surface area contributed by atoms with Crippen LogP contribution in [0.2, 0.25) is 5.02 Å². The van der Waals surface area contributed by atoms with Gasteiger partial charge in [-0.3, -0.25) is 0 Å². The number of halogens is 1. The molecule has 0 unspecified atom stereocenters. The van der Waals surface area contributed by atoms with Gasteiger partial charge in [-0.1, -0.05) is 41.4 Å². The molecule has 0 spiro atoms. The van der Waals surface area contributed by atoms with Gasteiger partial charge in [-0.15, -0.1) is 0 Å². The Morgan fingerprint density at radius 2 is 1.70 bits per heavy atom. The molecule has 1 N–H and O–H groups in total. The maximum atomic E-state index is 11.7. The van der Waals surface area contributed by atoms with Gasteiger partial charge in [-0.25, -0.2) is 4.79 Å². The molecule has 0 aliphatic carbocycles. The van der Waals surface area contributed by atoms with E-state index >= 15 is 0 Å². The summed E-state index contributed by atoms with van der Waals surface area (Å²) in [4.78, 5) is 11.7. The number of hydrogen-bond acceptors (Lipinski definition) is 2. The summed E-state index contributed by atoms with van der Waals surface area (Å²) >= 11 is 6.38. The summed E-state index contributed by atoms with van der Waals surface area (Å²) in [6, 6.07) is 21.4. The number of nitrogens with zero attached hydrogens (tertiary/aromatic N) is 1. The summed E-state index contributed by atoms with van der Waals surface area (Å²) in [6.45, 7) is 8.39. The normalized spacial score (nSPS) is 10.9. The number of carboxylic acid groups (broad SMARTS) is 1. The highest BCUT2D eigenvalue weighted by molar-refractivity contribution is 6.31. The molecule has 4 rings (SSSR count). The number of hydrogen-bond donors (Lipinski definition) is 1. The Morgan fingerprint density at radius 1 is 0.909 bits per heavy atom. The van der Waals surface area contributed by atoms with Gasteiger partial charge in [0.2, 0.25) is 0 Å². The fourth-order valence-electron chi connectivity index (χ4n) is 4.06. The van der Waals surface area contributed by atoms with Crippen LogP contribution < -0.4 is 4.74 Å². The van der Waals surface area contributed by atoms with Crippen LogP contribution >= 0.6 is 11.6 Å². The first-order valence-corrected chi connectivity index (χ1v) is 11.1. The van der Waals surface area contributed by atoms with Gasteiger partial charge in [-0.2, -0.15) is 0 Å². The fraction of sp³-hybridized carbons (Fsp3) is 0.179. The van der Waals surface area contributed by atoms with E-state index in [0.29, 0.717) is 17.4 Å². The second kappa shape index (κ2) is 9.16. The predicted octanol–water partition coefficient (Wildman–Crippen LogP) is 7.31. The second-order valence-electron chi connectivity index (χ2n) is 8.36. The van der Waals surface area contributed by atoms with Gasteiger partial charge in [0, 0.05) is 22.0 Å². The molecule has 4 nitrogen and oxygen atoms in total. The molecule has 0 aliphatic rings. The minimum atomic E-state index is -0.944. The molecule has 168 valence electrons. The van der Waals surface area contributed by atoms with Gasteiger partial charge in [0.05, 0.1) is 11.3 Å². The quantitative estimate of drug-likeness (QED) is 0.329. The molecule has 33 heavy (non-hydrogen) atoms. The zero-order valence-electron chi connectivity index (χ0n) is 19.1. The lowest BCUT2D eigenvalue weighted by Crippen LogP contribution is -2.05. The second-order valence-corrected chi connectivity index (χ2v) is 8.80. The Kier molecular flexibility index (Phi) is 6.30. The number of rotatable bonds is 6. The fourth-order valence-corrected chi connectivity index (χ4v) is 4.23. The van der Waals surface area contributed by atoms with Crippen molar-refractivity contribution in [3.05, 3.63) is 105 Å². The van der Waals surface area contributed by atoms with E-state index in [1.165, 1.54) is 11.1 Å². The molecule has 0 atom stereocenters. The molecule has 1 heterocycles. The highest BCUT2D eigenvalue weighted by Gasteiger charge is 2.17. The van der Waals surface area contributed by atoms with E-state index in [1.807, 2.05) is 54.0 Å². The summed E-state index contributed by atoms with van der Waals surface area (Å²) in [6.07, 6.45) is 0. The molecule has 1 aromatic heterocycles. The topological polar surface area (TPSA) is 51.5 Å². The number of ether oxygens (including phenoxy) is 1. The summed E-state index contributed by atoms with van der Waals surface area (Å²) in [5, 5.41) is 10.2. The predicted molar refractivity (Wildman–Crippen MR) is 133 cm³/mol. The summed E-state index contributed by atoms with van der Waals surface area (Å²) < 4.78 is 8.30. The lowest BCUT2D eigenvalue weighted by molar-refractivity contribution is 0.0696. The molecule has 0 fully saturated rings. The van der Waals surface area contributed by atoms with Gasteiger partial charge >= 0.3 is 5.97 Å². The number of aryl methyl sites for hydroxylation is 4. The van der Waals surface area contributed by atoms with Crippen LogP contribution in [0.15, 0.2) is 66.7 Å². The molecule has 0 saturated carbocycles. The zero-order valence-corrected chi connectivity index (χ0v) is 19.9. The van der Waals surface area contributed by atoms with Crippen LogP contribution in [-0.4, -0.2) is 15.6 Å². The van der Waals surface area contributed by atoms with E-state index in [4.69, 9.17) is 16.3 Å². The molecule has 0 saturated heterocycles. The molecule has 0 radical (unpaired) electrons. The lowest BCUT2D eigenvalue weighted by atomic mass is 10.1. The summed E-state index contributed by atoms with van der Waals surface area (Å²) in [5.74, 6) is -0.231. The van der Waals surface area contributed by atoms with Crippen LogP contribution in [0.3, 0.4) is 0 Å². The van der Waals surface area contributed by atoms with E-state index < -0.39 is 5.97 Å². The standard InChI is InChI=1S/C28H26ClNO3/c1-17-5-8-21(19(3)13-17)16-33-27-12-9-22(29)14-25(27)26-11-7-20(4)30(26)23-10-6-18(2)24(15-23)28(31)32/h5-15H,16H2,1-4H3,(H,31,32). The smallest absolute Gasteiger partial charge is 0.336 e. The molecule has 4 aromatic rings. The average Bonchev–Trinajstić information content (AvgIpc) is 3.15. The minimum Gasteiger partial charge on any atom is -0.488 e. The van der Waals surface area contributed by atoms with Crippen LogP contribution in [0.1, 0.15) is 38.3 Å². The highest BCUT2D eigenvalue weighted by Crippen LogP contribution is 2.36. The van der Waals surface area contributed by atoms with E-state index in [1.54, 1.807) is 13.0 Å². The van der Waals surface area contributed by atoms with Crippen LogP contribution in [0.5, 0.6) is 5.75 Å². The SMILES string of the molecule is Cc1ccc(COc2ccc(Cl)cc2-c2ccc(C)n2-c2ccc(C)c(C(=O)O)c2)c(C)c1. The van der Waals surface area contributed by atoms with Crippen LogP contribution in [-0.2, 0) is 6.61 Å². The highest BCUT2D eigenvalue weighted by atomic mass is 35.5. The van der Waals surface area contributed by atoms with Crippen molar-refractivity contribution in [3.63, 3.8) is 0 Å². The summed E-state index contributed by atoms with van der Waals surface area (Å²) in [5.41, 5.74) is 8.01. The Morgan fingerprint density at radius 3 is 2.42 bits per heavy atom. The first-order chi connectivity index (χ1) is 15.7. The van der Waals surface area contributed by atoms with Crippen molar-refractivity contribution >= 4 is 17.6 Å². The monoisotopic (exact) mass is 459 g/mol. The van der Waals surface area contributed by atoms with Gasteiger partial charge in [-0.05, 0) is 86.8 Å². The van der Waals surface area contributed by atoms with Gasteiger partial charge in [0.25, 0.3) is 0 Å². The third kappa shape index (κ3) is 4.67. The van der Waals surface area contributed by atoms with E-state index in [-0.39, 0.29) is 5.56 Å². The van der Waals surface area contributed by atoms with Gasteiger partial charge in [0.1, 0.15) is 12.4 Å². The average molecular weight is 460 g/mol. The molecule has 0 amide bonds. The molecule has 3 aromatic carbocycles. The first-order valence-electron chi connectivity index (χ1n) is 10.8. The van der Waals surface area contributed by atoms with Crippen LogP contribution in [0.4, 0.5) is 0 Å². The van der Waals surface area contributed by atoms with Crippen molar-refractivity contribution in [2.45, 2.75) is 34.3 Å². The maximum Gasteiger partial charge on any atom is 0.336 e. The van der Waals surface area contributed by atoms with Gasteiger partial charge in [0.15, 0.2) is 0 Å². The Balaban J connectivity index is 1.77. The molecule has 0 bridgehead atoms. The van der Waals surface area contributed by atoms with Crippen molar-refractivity contribution < 1.29 is 14.6 Å². The van der Waals surface area contributed by atoms with Crippen molar-refractivity contribution in [1.82, 2.24) is 4.57 Å². The number of carbonyl (C=O) groups is 1. The number of aromatic carboxylic acids is 1. The number of aromatic nitrogens is 1. The molecular weight excluding hydrogens is 434 g/mol. The lowest BCUT2D eigenvalue weighted by Gasteiger charge is -2.17. The molecule has 0 aliphatic heterocycles. The van der Waals surface area contributed by atoms with Crippen molar-refractivity contribution in [2.24, 2.45) is 0 Å². The van der Waals surface area contributed by atoms with E-state index in [0.717, 1.165) is 33.8 Å². The Labute approximate surface area is 199 Å². The Hall–Kier alpha value is -3.50. The molecular formula is C28H26ClNO3. The van der Waals surface area contributed by atoms with E-state index in [2.05, 4.69) is 32.0 Å². The van der Waals surface area contributed by atoms with Crippen LogP contribution in [0, 0.1) is 27.7 Å².